The van der Waals surface area contributed by atoms with E-state index >= 15 is 0 Å². The highest BCUT2D eigenvalue weighted by molar-refractivity contribution is 5.50. The molecule has 0 atom stereocenters. The lowest BCUT2D eigenvalue weighted by Crippen LogP contribution is -2.83. The van der Waals surface area contributed by atoms with E-state index in [2.05, 4.69) is 11.4 Å². The summed E-state index contributed by atoms with van der Waals surface area (Å²) in [5, 5.41) is 2.24. The summed E-state index contributed by atoms with van der Waals surface area (Å²) in [7, 11) is 4.92. The highest BCUT2D eigenvalue weighted by atomic mass is 16.7. The normalized spacial score (nSPS) is 12.1. The number of fused-ring (bicyclic) bond motifs is 1. The summed E-state index contributed by atoms with van der Waals surface area (Å²) in [5.41, 5.74) is 2.31. The van der Waals surface area contributed by atoms with E-state index in [0.29, 0.717) is 18.3 Å². The first-order chi connectivity index (χ1) is 12.2. The minimum Gasteiger partial charge on any atom is -0.496 e. The molecule has 1 aliphatic rings. The lowest BCUT2D eigenvalue weighted by molar-refractivity contribution is -0.670. The van der Waals surface area contributed by atoms with Crippen molar-refractivity contribution in [1.29, 1.82) is 0 Å². The summed E-state index contributed by atoms with van der Waals surface area (Å²) in [6.07, 6.45) is 0.951. The van der Waals surface area contributed by atoms with Crippen molar-refractivity contribution in [3.8, 4) is 28.7 Å². The Balaban J connectivity index is 1.58. The van der Waals surface area contributed by atoms with Crippen molar-refractivity contribution < 1.29 is 29.0 Å². The maximum absolute atomic E-state index is 5.47. The molecular weight excluding hydrogens is 322 g/mol. The van der Waals surface area contributed by atoms with Crippen molar-refractivity contribution in [3.05, 3.63) is 41.5 Å². The number of hydrogen-bond donors (Lipinski definition) is 1. The number of hydrogen-bond acceptors (Lipinski definition) is 5. The van der Waals surface area contributed by atoms with Crippen LogP contribution in [0.2, 0.25) is 0 Å². The van der Waals surface area contributed by atoms with Crippen LogP contribution in [-0.4, -0.2) is 34.7 Å². The van der Waals surface area contributed by atoms with Crippen LogP contribution in [0.1, 0.15) is 11.1 Å². The Morgan fingerprint density at radius 3 is 2.36 bits per heavy atom. The van der Waals surface area contributed by atoms with Gasteiger partial charge >= 0.3 is 0 Å². The fourth-order valence-corrected chi connectivity index (χ4v) is 2.87. The molecule has 0 saturated heterocycles. The van der Waals surface area contributed by atoms with E-state index in [1.165, 1.54) is 5.56 Å². The quantitative estimate of drug-likeness (QED) is 0.738. The van der Waals surface area contributed by atoms with E-state index in [-0.39, 0.29) is 0 Å². The fourth-order valence-electron chi connectivity index (χ4n) is 2.87. The number of methoxy groups -OCH3 is 3. The fraction of sp³-hybridized carbons (Fsp3) is 0.368. The highest BCUT2D eigenvalue weighted by Gasteiger charge is 2.14. The highest BCUT2D eigenvalue weighted by Crippen LogP contribution is 2.34. The Morgan fingerprint density at radius 1 is 0.880 bits per heavy atom. The second-order valence-corrected chi connectivity index (χ2v) is 5.74. The van der Waals surface area contributed by atoms with Crippen molar-refractivity contribution in [1.82, 2.24) is 0 Å². The van der Waals surface area contributed by atoms with Gasteiger partial charge in [-0.1, -0.05) is 6.07 Å². The molecule has 1 heterocycles. The molecule has 25 heavy (non-hydrogen) atoms. The molecule has 3 rings (SSSR count). The zero-order chi connectivity index (χ0) is 17.6. The van der Waals surface area contributed by atoms with Gasteiger partial charge in [-0.3, -0.25) is 0 Å². The van der Waals surface area contributed by atoms with Crippen molar-refractivity contribution >= 4 is 0 Å². The third kappa shape index (κ3) is 3.91. The largest absolute Gasteiger partial charge is 0.496 e. The van der Waals surface area contributed by atoms with Crippen molar-refractivity contribution in [2.75, 3.05) is 34.7 Å². The predicted molar refractivity (Wildman–Crippen MR) is 92.9 cm³/mol. The van der Waals surface area contributed by atoms with E-state index in [0.717, 1.165) is 42.3 Å². The Labute approximate surface area is 147 Å². The first-order valence-electron chi connectivity index (χ1n) is 8.24. The molecule has 0 amide bonds. The minimum absolute atomic E-state index is 0.310. The van der Waals surface area contributed by atoms with Crippen LogP contribution in [0, 0.1) is 0 Å². The van der Waals surface area contributed by atoms with E-state index in [1.54, 1.807) is 21.3 Å². The topological polar surface area (TPSA) is 62.8 Å². The van der Waals surface area contributed by atoms with Gasteiger partial charge in [0.25, 0.3) is 0 Å². The molecule has 6 nitrogen and oxygen atoms in total. The molecule has 0 unspecified atom stereocenters. The van der Waals surface area contributed by atoms with Gasteiger partial charge in [-0.05, 0) is 23.8 Å². The van der Waals surface area contributed by atoms with Gasteiger partial charge in [0.15, 0.2) is 23.0 Å². The first kappa shape index (κ1) is 17.2. The smallest absolute Gasteiger partial charge is 0.231 e. The molecule has 0 aromatic heterocycles. The molecule has 0 aliphatic carbocycles. The number of nitrogens with two attached hydrogens (primary N) is 1. The standard InChI is InChI=1S/C19H23NO5/c1-21-16-10-18(23-3)17(22-2)9-14(16)11-20-7-6-13-4-5-15-19(8-13)25-12-24-15/h4-5,8-10,20H,6-7,11-12H2,1-3H3/p+1. The van der Waals surface area contributed by atoms with Gasteiger partial charge in [0.1, 0.15) is 12.3 Å². The van der Waals surface area contributed by atoms with Crippen molar-refractivity contribution in [2.24, 2.45) is 0 Å². The van der Waals surface area contributed by atoms with Crippen LogP contribution >= 0.6 is 0 Å². The summed E-state index contributed by atoms with van der Waals surface area (Å²) < 4.78 is 26.9. The van der Waals surface area contributed by atoms with Gasteiger partial charge in [-0.25, -0.2) is 0 Å². The van der Waals surface area contributed by atoms with Gasteiger partial charge in [0, 0.05) is 12.5 Å². The molecule has 6 heteroatoms. The van der Waals surface area contributed by atoms with Crippen LogP contribution in [0.4, 0.5) is 0 Å². The average Bonchev–Trinajstić information content (AvgIpc) is 3.12. The van der Waals surface area contributed by atoms with Crippen molar-refractivity contribution in [2.45, 2.75) is 13.0 Å². The summed E-state index contributed by atoms with van der Waals surface area (Å²) in [6.45, 7) is 2.06. The summed E-state index contributed by atoms with van der Waals surface area (Å²) >= 11 is 0. The Morgan fingerprint density at radius 2 is 1.60 bits per heavy atom. The summed E-state index contributed by atoms with van der Waals surface area (Å²) in [6, 6.07) is 9.93. The van der Waals surface area contributed by atoms with Gasteiger partial charge in [-0.2, -0.15) is 0 Å². The zero-order valence-electron chi connectivity index (χ0n) is 14.8. The molecule has 2 aromatic rings. The Kier molecular flexibility index (Phi) is 5.50. The lowest BCUT2D eigenvalue weighted by atomic mass is 10.1. The maximum Gasteiger partial charge on any atom is 0.231 e. The minimum atomic E-state index is 0.310. The van der Waals surface area contributed by atoms with Gasteiger partial charge in [0.2, 0.25) is 6.79 Å². The molecule has 0 radical (unpaired) electrons. The Bertz CT molecular complexity index is 732. The molecule has 2 aromatic carbocycles. The van der Waals surface area contributed by atoms with Gasteiger partial charge < -0.3 is 29.0 Å². The van der Waals surface area contributed by atoms with Crippen LogP contribution in [-0.2, 0) is 13.0 Å². The number of quaternary nitrogens is 1. The van der Waals surface area contributed by atoms with E-state index in [9.17, 15) is 0 Å². The summed E-state index contributed by atoms with van der Waals surface area (Å²) in [4.78, 5) is 0. The summed E-state index contributed by atoms with van der Waals surface area (Å²) in [5.74, 6) is 3.84. The maximum atomic E-state index is 5.47. The van der Waals surface area contributed by atoms with E-state index in [4.69, 9.17) is 23.7 Å². The molecule has 0 spiro atoms. The number of benzene rings is 2. The molecule has 134 valence electrons. The SMILES string of the molecule is COc1cc(OC)c(OC)cc1C[NH2+]CCc1ccc2c(c1)OCO2. The number of rotatable bonds is 8. The third-order valence-electron chi connectivity index (χ3n) is 4.22. The van der Waals surface area contributed by atoms with Crippen LogP contribution in [0.3, 0.4) is 0 Å². The Hall–Kier alpha value is -2.60. The molecule has 1 aliphatic heterocycles. The van der Waals surface area contributed by atoms with Crippen LogP contribution in [0.15, 0.2) is 30.3 Å². The van der Waals surface area contributed by atoms with Crippen LogP contribution in [0.5, 0.6) is 28.7 Å². The van der Waals surface area contributed by atoms with Gasteiger partial charge in [-0.15, -0.1) is 0 Å². The monoisotopic (exact) mass is 346 g/mol. The lowest BCUT2D eigenvalue weighted by Gasteiger charge is -2.13. The van der Waals surface area contributed by atoms with Crippen molar-refractivity contribution in [3.63, 3.8) is 0 Å². The molecule has 2 N–H and O–H groups in total. The molecule has 0 fully saturated rings. The molecule has 0 bridgehead atoms. The number of ether oxygens (including phenoxy) is 5. The second-order valence-electron chi connectivity index (χ2n) is 5.74. The van der Waals surface area contributed by atoms with Crippen LogP contribution in [0.25, 0.3) is 0 Å². The third-order valence-corrected chi connectivity index (χ3v) is 4.22. The van der Waals surface area contributed by atoms with E-state index in [1.807, 2.05) is 24.3 Å². The average molecular weight is 346 g/mol. The zero-order valence-corrected chi connectivity index (χ0v) is 14.8. The molecule has 0 saturated carbocycles. The van der Waals surface area contributed by atoms with Crippen LogP contribution < -0.4 is 29.0 Å². The molecular formula is C19H24NO5+. The predicted octanol–water partition coefficient (Wildman–Crippen LogP) is 1.75. The second kappa shape index (κ2) is 7.98. The van der Waals surface area contributed by atoms with E-state index < -0.39 is 0 Å². The van der Waals surface area contributed by atoms with Gasteiger partial charge in [0.05, 0.1) is 33.4 Å². The first-order valence-corrected chi connectivity index (χ1v) is 8.24.